The lowest BCUT2D eigenvalue weighted by Gasteiger charge is -2.41. The molecule has 3 nitrogen and oxygen atoms in total. The van der Waals surface area contributed by atoms with Gasteiger partial charge in [0, 0.05) is 37.0 Å². The second kappa shape index (κ2) is 5.37. The van der Waals surface area contributed by atoms with Crippen molar-refractivity contribution >= 4 is 16.6 Å². The number of aromatic nitrogens is 1. The van der Waals surface area contributed by atoms with E-state index < -0.39 is 11.8 Å². The summed E-state index contributed by atoms with van der Waals surface area (Å²) >= 11 is 0. The number of rotatable bonds is 1. The molecule has 0 spiro atoms. The van der Waals surface area contributed by atoms with Crippen molar-refractivity contribution in [1.29, 1.82) is 0 Å². The minimum Gasteiger partial charge on any atom is -0.380 e. The molecule has 1 fully saturated rings. The number of anilines is 1. The monoisotopic (exact) mass is 324 g/mol. The molecule has 0 amide bonds. The molecule has 23 heavy (non-hydrogen) atoms. The molecule has 2 aromatic rings. The van der Waals surface area contributed by atoms with E-state index in [1.54, 1.807) is 0 Å². The third-order valence-electron chi connectivity index (χ3n) is 4.78. The van der Waals surface area contributed by atoms with E-state index in [2.05, 4.69) is 4.98 Å². The quantitative estimate of drug-likeness (QED) is 0.868. The van der Waals surface area contributed by atoms with Gasteiger partial charge in [-0.15, -0.1) is 0 Å². The molecule has 0 unspecified atom stereocenters. The summed E-state index contributed by atoms with van der Waals surface area (Å²) in [6, 6.07) is 7.64. The van der Waals surface area contributed by atoms with Crippen molar-refractivity contribution in [2.45, 2.75) is 38.5 Å². The number of nitrogens with zero attached hydrogens (tertiary/aromatic N) is 2. The zero-order valence-electron chi connectivity index (χ0n) is 13.1. The van der Waals surface area contributed by atoms with Crippen molar-refractivity contribution in [2.75, 3.05) is 18.0 Å². The number of pyridine rings is 1. The van der Waals surface area contributed by atoms with Gasteiger partial charge in [-0.25, -0.2) is 0 Å². The smallest absolute Gasteiger partial charge is 0.380 e. The van der Waals surface area contributed by atoms with Crippen LogP contribution in [0.1, 0.15) is 24.1 Å². The maximum absolute atomic E-state index is 13.0. The molecule has 3 rings (SSSR count). The Hall–Kier alpha value is -1.82. The molecule has 0 aliphatic carbocycles. The SMILES string of the molecule is Cc1nc2ccccc2c(N2CCC(O)(C(F)(F)F)CC2)c1C. The number of aliphatic hydroxyl groups is 1. The van der Waals surface area contributed by atoms with Gasteiger partial charge in [-0.2, -0.15) is 13.2 Å². The van der Waals surface area contributed by atoms with E-state index in [4.69, 9.17) is 0 Å². The van der Waals surface area contributed by atoms with Gasteiger partial charge in [0.05, 0.1) is 11.2 Å². The highest BCUT2D eigenvalue weighted by Crippen LogP contribution is 2.41. The first-order valence-corrected chi connectivity index (χ1v) is 7.63. The van der Waals surface area contributed by atoms with E-state index in [0.29, 0.717) is 0 Å². The Morgan fingerprint density at radius 2 is 1.74 bits per heavy atom. The van der Waals surface area contributed by atoms with Gasteiger partial charge in [0.2, 0.25) is 0 Å². The van der Waals surface area contributed by atoms with Gasteiger partial charge < -0.3 is 10.0 Å². The van der Waals surface area contributed by atoms with Crippen molar-refractivity contribution in [3.8, 4) is 0 Å². The van der Waals surface area contributed by atoms with E-state index in [-0.39, 0.29) is 25.9 Å². The van der Waals surface area contributed by atoms with Gasteiger partial charge in [-0.1, -0.05) is 18.2 Å². The zero-order chi connectivity index (χ0) is 16.8. The highest BCUT2D eigenvalue weighted by molar-refractivity contribution is 5.93. The number of alkyl halides is 3. The van der Waals surface area contributed by atoms with E-state index in [1.807, 2.05) is 43.0 Å². The number of benzene rings is 1. The molecule has 1 N–H and O–H groups in total. The van der Waals surface area contributed by atoms with Crippen molar-refractivity contribution < 1.29 is 18.3 Å². The molecular weight excluding hydrogens is 305 g/mol. The number of fused-ring (bicyclic) bond motifs is 1. The first-order valence-electron chi connectivity index (χ1n) is 7.63. The maximum atomic E-state index is 13.0. The Morgan fingerprint density at radius 1 is 1.13 bits per heavy atom. The van der Waals surface area contributed by atoms with Crippen LogP contribution in [0.5, 0.6) is 0 Å². The molecule has 1 aliphatic heterocycles. The number of piperidine rings is 1. The van der Waals surface area contributed by atoms with Gasteiger partial charge >= 0.3 is 6.18 Å². The summed E-state index contributed by atoms with van der Waals surface area (Å²) in [6.07, 6.45) is -5.21. The van der Waals surface area contributed by atoms with Gasteiger partial charge in [-0.05, 0) is 25.5 Å². The molecule has 0 radical (unpaired) electrons. The molecule has 1 aromatic heterocycles. The largest absolute Gasteiger partial charge is 0.417 e. The summed E-state index contributed by atoms with van der Waals surface area (Å²) in [4.78, 5) is 6.48. The molecule has 124 valence electrons. The lowest BCUT2D eigenvalue weighted by molar-refractivity contribution is -0.266. The fourth-order valence-corrected chi connectivity index (χ4v) is 3.20. The van der Waals surface area contributed by atoms with Crippen LogP contribution < -0.4 is 4.90 Å². The Labute approximate surface area is 132 Å². The summed E-state index contributed by atoms with van der Waals surface area (Å²) in [5.74, 6) is 0. The van der Waals surface area contributed by atoms with E-state index in [1.165, 1.54) is 0 Å². The molecule has 1 saturated heterocycles. The maximum Gasteiger partial charge on any atom is 0.417 e. The first-order chi connectivity index (χ1) is 10.7. The van der Waals surface area contributed by atoms with Gasteiger partial charge in [0.1, 0.15) is 0 Å². The minimum absolute atomic E-state index is 0.171. The summed E-state index contributed by atoms with van der Waals surface area (Å²) in [7, 11) is 0. The summed E-state index contributed by atoms with van der Waals surface area (Å²) in [6.45, 7) is 4.19. The number of hydrogen-bond acceptors (Lipinski definition) is 3. The van der Waals surface area contributed by atoms with Gasteiger partial charge in [-0.3, -0.25) is 4.98 Å². The number of hydrogen-bond donors (Lipinski definition) is 1. The molecular formula is C17H19F3N2O. The van der Waals surface area contributed by atoms with Crippen LogP contribution in [0.2, 0.25) is 0 Å². The molecule has 1 aliphatic rings. The topological polar surface area (TPSA) is 36.4 Å². The minimum atomic E-state index is -4.58. The van der Waals surface area contributed by atoms with Gasteiger partial charge in [0.25, 0.3) is 0 Å². The molecule has 0 bridgehead atoms. The lowest BCUT2D eigenvalue weighted by Crippen LogP contribution is -2.53. The second-order valence-corrected chi connectivity index (χ2v) is 6.20. The van der Waals surface area contributed by atoms with Crippen LogP contribution in [0.25, 0.3) is 10.9 Å². The molecule has 0 atom stereocenters. The standard InChI is InChI=1S/C17H19F3N2O/c1-11-12(2)21-14-6-4-3-5-13(14)15(11)22-9-7-16(23,8-10-22)17(18,19)20/h3-6,23H,7-10H2,1-2H3. The Kier molecular flexibility index (Phi) is 3.75. The van der Waals surface area contributed by atoms with E-state index in [9.17, 15) is 18.3 Å². The van der Waals surface area contributed by atoms with Crippen molar-refractivity contribution in [3.05, 3.63) is 35.5 Å². The fourth-order valence-electron chi connectivity index (χ4n) is 3.20. The van der Waals surface area contributed by atoms with Crippen LogP contribution >= 0.6 is 0 Å². The van der Waals surface area contributed by atoms with Crippen LogP contribution in [-0.4, -0.2) is 35.0 Å². The predicted molar refractivity (Wildman–Crippen MR) is 83.7 cm³/mol. The summed E-state index contributed by atoms with van der Waals surface area (Å²) < 4.78 is 38.9. The van der Waals surface area contributed by atoms with Crippen LogP contribution in [0, 0.1) is 13.8 Å². The number of para-hydroxylation sites is 1. The van der Waals surface area contributed by atoms with Crippen molar-refractivity contribution in [3.63, 3.8) is 0 Å². The predicted octanol–water partition coefficient (Wildman–Crippen LogP) is 3.75. The molecule has 0 saturated carbocycles. The van der Waals surface area contributed by atoms with Crippen LogP contribution in [0.3, 0.4) is 0 Å². The molecule has 1 aromatic carbocycles. The molecule has 6 heteroatoms. The highest BCUT2D eigenvalue weighted by Gasteiger charge is 2.54. The summed E-state index contributed by atoms with van der Waals surface area (Å²) in [5, 5.41) is 10.8. The number of aryl methyl sites for hydroxylation is 1. The Balaban J connectivity index is 1.98. The average Bonchev–Trinajstić information content (AvgIpc) is 2.49. The fraction of sp³-hybridized carbons (Fsp3) is 0.471. The Bertz CT molecular complexity index is 734. The highest BCUT2D eigenvalue weighted by atomic mass is 19.4. The van der Waals surface area contributed by atoms with Crippen molar-refractivity contribution in [2.24, 2.45) is 0 Å². The van der Waals surface area contributed by atoms with E-state index >= 15 is 0 Å². The van der Waals surface area contributed by atoms with Crippen LogP contribution in [0.4, 0.5) is 18.9 Å². The lowest BCUT2D eigenvalue weighted by atomic mass is 9.90. The average molecular weight is 324 g/mol. The third kappa shape index (κ3) is 2.65. The van der Waals surface area contributed by atoms with Crippen LogP contribution in [-0.2, 0) is 0 Å². The zero-order valence-corrected chi connectivity index (χ0v) is 13.1. The second-order valence-electron chi connectivity index (χ2n) is 6.20. The summed E-state index contributed by atoms with van der Waals surface area (Å²) in [5.41, 5.74) is 1.03. The first kappa shape index (κ1) is 16.1. The number of halogens is 3. The van der Waals surface area contributed by atoms with Crippen molar-refractivity contribution in [1.82, 2.24) is 4.98 Å². The van der Waals surface area contributed by atoms with Gasteiger partial charge in [0.15, 0.2) is 5.60 Å². The molecule has 2 heterocycles. The van der Waals surface area contributed by atoms with Crippen LogP contribution in [0.15, 0.2) is 24.3 Å². The van der Waals surface area contributed by atoms with E-state index in [0.717, 1.165) is 27.8 Å². The normalized spacial score (nSPS) is 18.4. The Morgan fingerprint density at radius 3 is 2.35 bits per heavy atom. The third-order valence-corrected chi connectivity index (χ3v) is 4.78.